The van der Waals surface area contributed by atoms with E-state index >= 15 is 0 Å². The molecule has 0 bridgehead atoms. The van der Waals surface area contributed by atoms with Gasteiger partial charge in [-0.05, 0) is 56.0 Å². The molecule has 1 fully saturated rings. The number of sulfone groups is 1. The number of para-hydroxylation sites is 1. The Labute approximate surface area is 179 Å². The molecule has 0 spiro atoms. The lowest BCUT2D eigenvalue weighted by Gasteiger charge is -2.28. The van der Waals surface area contributed by atoms with Crippen molar-refractivity contribution in [3.05, 3.63) is 59.2 Å². The predicted molar refractivity (Wildman–Crippen MR) is 109 cm³/mol. The van der Waals surface area contributed by atoms with Crippen molar-refractivity contribution in [2.45, 2.75) is 62.1 Å². The van der Waals surface area contributed by atoms with Crippen LogP contribution in [0.4, 0.5) is 13.2 Å². The van der Waals surface area contributed by atoms with Crippen LogP contribution in [0.15, 0.2) is 47.4 Å². The molecular weight excluding hydrogens is 431 g/mol. The zero-order valence-electron chi connectivity index (χ0n) is 17.3. The summed E-state index contributed by atoms with van der Waals surface area (Å²) in [6, 6.07) is 10.2. The van der Waals surface area contributed by atoms with Gasteiger partial charge in [0.25, 0.3) is 0 Å². The number of benzene rings is 2. The van der Waals surface area contributed by atoms with Crippen LogP contribution in [0, 0.1) is 13.8 Å². The standard InChI is InChI=1S/C22H24F3NO4S/c1-15-9-10-18(13-16(15)2)31(28,29)21(11-5-6-12-21)20(27)26-14-17-7-3-4-8-19(17)30-22(23,24)25/h3-4,7-10,13H,5-6,11-12,14H2,1-2H3,(H,26,27). The van der Waals surface area contributed by atoms with Gasteiger partial charge < -0.3 is 10.1 Å². The van der Waals surface area contributed by atoms with Gasteiger partial charge in [0, 0.05) is 12.1 Å². The van der Waals surface area contributed by atoms with Crippen LogP contribution in [0.2, 0.25) is 0 Å². The average molecular weight is 455 g/mol. The third-order valence-corrected chi connectivity index (χ3v) is 8.26. The van der Waals surface area contributed by atoms with Gasteiger partial charge in [0.1, 0.15) is 5.75 Å². The molecule has 168 valence electrons. The van der Waals surface area contributed by atoms with E-state index in [4.69, 9.17) is 0 Å². The van der Waals surface area contributed by atoms with Crippen LogP contribution in [0.25, 0.3) is 0 Å². The second-order valence-corrected chi connectivity index (χ2v) is 10.0. The molecule has 9 heteroatoms. The molecule has 3 rings (SSSR count). The minimum absolute atomic E-state index is 0.0773. The molecule has 0 saturated heterocycles. The molecule has 2 aromatic carbocycles. The van der Waals surface area contributed by atoms with Crippen molar-refractivity contribution >= 4 is 15.7 Å². The zero-order valence-corrected chi connectivity index (χ0v) is 18.1. The van der Waals surface area contributed by atoms with Crippen LogP contribution in [0.1, 0.15) is 42.4 Å². The van der Waals surface area contributed by atoms with Crippen molar-refractivity contribution in [3.63, 3.8) is 0 Å². The average Bonchev–Trinajstić information content (AvgIpc) is 3.20. The molecule has 1 amide bonds. The van der Waals surface area contributed by atoms with E-state index in [1.807, 2.05) is 6.92 Å². The van der Waals surface area contributed by atoms with Gasteiger partial charge in [0.05, 0.1) is 4.90 Å². The molecule has 0 unspecified atom stereocenters. The molecule has 5 nitrogen and oxygen atoms in total. The lowest BCUT2D eigenvalue weighted by molar-refractivity contribution is -0.274. The zero-order chi connectivity index (χ0) is 22.9. The van der Waals surface area contributed by atoms with Crippen LogP contribution >= 0.6 is 0 Å². The molecule has 31 heavy (non-hydrogen) atoms. The third-order valence-electron chi connectivity index (χ3n) is 5.77. The molecule has 1 saturated carbocycles. The van der Waals surface area contributed by atoms with E-state index in [1.54, 1.807) is 19.1 Å². The third kappa shape index (κ3) is 4.71. The number of rotatable bonds is 6. The first-order valence-corrected chi connectivity index (χ1v) is 11.4. The number of hydrogen-bond donors (Lipinski definition) is 1. The SMILES string of the molecule is Cc1ccc(S(=O)(=O)C2(C(=O)NCc3ccccc3OC(F)(F)F)CCCC2)cc1C. The van der Waals surface area contributed by atoms with Crippen molar-refractivity contribution < 1.29 is 31.1 Å². The van der Waals surface area contributed by atoms with Crippen molar-refractivity contribution in [3.8, 4) is 5.75 Å². The van der Waals surface area contributed by atoms with Gasteiger partial charge in [-0.15, -0.1) is 13.2 Å². The van der Waals surface area contributed by atoms with E-state index in [1.165, 1.54) is 24.3 Å². The summed E-state index contributed by atoms with van der Waals surface area (Å²) in [5.41, 5.74) is 1.84. The normalized spacial score (nSPS) is 16.2. The fourth-order valence-electron chi connectivity index (χ4n) is 3.88. The first kappa shape index (κ1) is 23.1. The van der Waals surface area contributed by atoms with E-state index in [2.05, 4.69) is 10.1 Å². The van der Waals surface area contributed by atoms with Crippen LogP contribution in [0.5, 0.6) is 5.75 Å². The van der Waals surface area contributed by atoms with Crippen LogP contribution < -0.4 is 10.1 Å². The number of hydrogen-bond acceptors (Lipinski definition) is 4. The summed E-state index contributed by atoms with van der Waals surface area (Å²) in [5.74, 6) is -1.14. The van der Waals surface area contributed by atoms with Gasteiger partial charge in [-0.2, -0.15) is 0 Å². The Morgan fingerprint density at radius 1 is 1.06 bits per heavy atom. The molecule has 2 aromatic rings. The van der Waals surface area contributed by atoms with Gasteiger partial charge in [-0.3, -0.25) is 4.79 Å². The van der Waals surface area contributed by atoms with Gasteiger partial charge in [-0.1, -0.05) is 37.1 Å². The van der Waals surface area contributed by atoms with Crippen molar-refractivity contribution in [1.29, 1.82) is 0 Å². The Bertz CT molecular complexity index is 1070. The van der Waals surface area contributed by atoms with Crippen LogP contribution in [0.3, 0.4) is 0 Å². The summed E-state index contributed by atoms with van der Waals surface area (Å²) in [6.07, 6.45) is -3.40. The molecule has 1 aliphatic carbocycles. The minimum atomic E-state index is -4.88. The number of alkyl halides is 3. The number of amides is 1. The molecule has 0 atom stereocenters. The lowest BCUT2D eigenvalue weighted by Crippen LogP contribution is -2.50. The van der Waals surface area contributed by atoms with Gasteiger partial charge in [-0.25, -0.2) is 8.42 Å². The minimum Gasteiger partial charge on any atom is -0.405 e. The van der Waals surface area contributed by atoms with Gasteiger partial charge >= 0.3 is 6.36 Å². The molecular formula is C22H24F3NO4S. The highest BCUT2D eigenvalue weighted by Gasteiger charge is 2.52. The molecule has 1 aliphatic rings. The smallest absolute Gasteiger partial charge is 0.405 e. The van der Waals surface area contributed by atoms with E-state index in [-0.39, 0.29) is 29.8 Å². The number of carbonyl (C=O) groups is 1. The summed E-state index contributed by atoms with van der Waals surface area (Å²) in [5, 5.41) is 2.54. The number of ether oxygens (including phenoxy) is 1. The summed E-state index contributed by atoms with van der Waals surface area (Å²) in [4.78, 5) is 13.2. The second kappa shape index (κ2) is 8.53. The number of aryl methyl sites for hydroxylation is 2. The van der Waals surface area contributed by atoms with Crippen molar-refractivity contribution in [2.75, 3.05) is 0 Å². The van der Waals surface area contributed by atoms with Gasteiger partial charge in [0.15, 0.2) is 14.6 Å². The summed E-state index contributed by atoms with van der Waals surface area (Å²) >= 11 is 0. The Balaban J connectivity index is 1.87. The Hall–Kier alpha value is -2.55. The van der Waals surface area contributed by atoms with Crippen LogP contribution in [-0.4, -0.2) is 25.4 Å². The highest BCUT2D eigenvalue weighted by Crippen LogP contribution is 2.41. The lowest BCUT2D eigenvalue weighted by atomic mass is 10.1. The first-order chi connectivity index (χ1) is 14.5. The summed E-state index contributed by atoms with van der Waals surface area (Å²) in [6.45, 7) is 3.38. The quantitative estimate of drug-likeness (QED) is 0.691. The van der Waals surface area contributed by atoms with Crippen molar-refractivity contribution in [1.82, 2.24) is 5.32 Å². The fraction of sp³-hybridized carbons (Fsp3) is 0.409. The van der Waals surface area contributed by atoms with E-state index in [9.17, 15) is 26.4 Å². The van der Waals surface area contributed by atoms with Crippen LogP contribution in [-0.2, 0) is 21.2 Å². The number of halogens is 3. The monoisotopic (exact) mass is 455 g/mol. The Morgan fingerprint density at radius 3 is 2.32 bits per heavy atom. The maximum atomic E-state index is 13.5. The van der Waals surface area contributed by atoms with E-state index in [0.717, 1.165) is 17.2 Å². The summed E-state index contributed by atoms with van der Waals surface area (Å²) in [7, 11) is -4.01. The Morgan fingerprint density at radius 2 is 1.71 bits per heavy atom. The number of nitrogens with one attached hydrogen (secondary N) is 1. The molecule has 0 heterocycles. The topological polar surface area (TPSA) is 72.5 Å². The van der Waals surface area contributed by atoms with E-state index < -0.39 is 32.6 Å². The largest absolute Gasteiger partial charge is 0.573 e. The fourth-order valence-corrected chi connectivity index (χ4v) is 6.05. The molecule has 1 N–H and O–H groups in total. The maximum absolute atomic E-state index is 13.5. The first-order valence-electron chi connectivity index (χ1n) is 9.90. The molecule has 0 aromatic heterocycles. The summed E-state index contributed by atoms with van der Waals surface area (Å²) < 4.78 is 67.3. The number of carbonyl (C=O) groups excluding carboxylic acids is 1. The second-order valence-electron chi connectivity index (χ2n) is 7.79. The van der Waals surface area contributed by atoms with Crippen molar-refractivity contribution in [2.24, 2.45) is 0 Å². The maximum Gasteiger partial charge on any atom is 0.573 e. The van der Waals surface area contributed by atoms with Gasteiger partial charge in [0.2, 0.25) is 5.91 Å². The van der Waals surface area contributed by atoms with E-state index in [0.29, 0.717) is 12.8 Å². The Kier molecular flexibility index (Phi) is 6.36. The highest BCUT2D eigenvalue weighted by molar-refractivity contribution is 7.93. The highest BCUT2D eigenvalue weighted by atomic mass is 32.2. The molecule has 0 aliphatic heterocycles. The molecule has 0 radical (unpaired) electrons. The predicted octanol–water partition coefficient (Wildman–Crippen LogP) is 4.60.